The van der Waals surface area contributed by atoms with Gasteiger partial charge in [-0.2, -0.15) is 0 Å². The minimum absolute atomic E-state index is 0.0211. The van der Waals surface area contributed by atoms with Crippen molar-refractivity contribution in [3.8, 4) is 0 Å². The van der Waals surface area contributed by atoms with Crippen LogP contribution >= 0.6 is 0 Å². The molecule has 12 heteroatoms. The molecule has 270 valence electrons. The lowest BCUT2D eigenvalue weighted by atomic mass is 9.83. The van der Waals surface area contributed by atoms with Gasteiger partial charge in [0.1, 0.15) is 17.7 Å². The summed E-state index contributed by atoms with van der Waals surface area (Å²) in [6, 6.07) is -2.85. The van der Waals surface area contributed by atoms with Crippen LogP contribution < -0.4 is 16.0 Å². The standard InChI is InChI=1S/C36H59N5O7/c1-11-12-18-24(29(43)31(45)37-20-19-25(42)40(10)34(2,3)4)38-30(44)28-26-23(36(26,8)9)21-41(28)32(46)27(22-16-14-13-15-17-22)39-33(47)48-35(5,6)7/h11,22-24,26-28H,1,12-21H2,2-10H3,(H,37,45)(H,38,44)(H,39,47)/t23?,24-,26?,27-,28-/m0/s1. The maximum absolute atomic E-state index is 14.3. The predicted octanol–water partition coefficient (Wildman–Crippen LogP) is 3.73. The van der Waals surface area contributed by atoms with Gasteiger partial charge in [0, 0.05) is 32.1 Å². The van der Waals surface area contributed by atoms with Gasteiger partial charge in [-0.1, -0.05) is 39.2 Å². The number of piperidine rings is 1. The fraction of sp³-hybridized carbons (Fsp3) is 0.778. The molecule has 0 radical (unpaired) electrons. The van der Waals surface area contributed by atoms with E-state index in [0.29, 0.717) is 13.0 Å². The van der Waals surface area contributed by atoms with Crippen molar-refractivity contribution in [3.05, 3.63) is 12.7 Å². The largest absolute Gasteiger partial charge is 0.444 e. The monoisotopic (exact) mass is 673 g/mol. The minimum atomic E-state index is -1.14. The van der Waals surface area contributed by atoms with Gasteiger partial charge < -0.3 is 30.5 Å². The molecule has 0 aromatic heterocycles. The topological polar surface area (TPSA) is 154 Å². The number of alkyl carbamates (subject to hydrolysis) is 1. The summed E-state index contributed by atoms with van der Waals surface area (Å²) in [6.45, 7) is 19.2. The summed E-state index contributed by atoms with van der Waals surface area (Å²) in [5.41, 5.74) is -1.32. The molecule has 5 amide bonds. The zero-order valence-electron chi connectivity index (χ0n) is 30.6. The molecule has 2 saturated carbocycles. The Bertz CT molecular complexity index is 1240. The van der Waals surface area contributed by atoms with Crippen molar-refractivity contribution < 1.29 is 33.5 Å². The number of carbonyl (C=O) groups excluding carboxylic acids is 6. The van der Waals surface area contributed by atoms with Crippen LogP contribution in [0.3, 0.4) is 0 Å². The molecule has 1 saturated heterocycles. The van der Waals surface area contributed by atoms with Crippen LogP contribution in [0.25, 0.3) is 0 Å². The smallest absolute Gasteiger partial charge is 0.408 e. The van der Waals surface area contributed by atoms with Crippen LogP contribution in [0.2, 0.25) is 0 Å². The van der Waals surface area contributed by atoms with Gasteiger partial charge in [-0.15, -0.1) is 6.58 Å². The summed E-state index contributed by atoms with van der Waals surface area (Å²) in [6.07, 6.45) is 5.98. The Balaban J connectivity index is 1.77. The van der Waals surface area contributed by atoms with Crippen molar-refractivity contribution in [2.24, 2.45) is 23.2 Å². The molecule has 2 aliphatic carbocycles. The highest BCUT2D eigenvalue weighted by atomic mass is 16.6. The number of hydrogen-bond acceptors (Lipinski definition) is 7. The lowest BCUT2D eigenvalue weighted by molar-refractivity contribution is -0.145. The highest BCUT2D eigenvalue weighted by Gasteiger charge is 2.69. The van der Waals surface area contributed by atoms with Crippen molar-refractivity contribution in [1.29, 1.82) is 0 Å². The Labute approximate surface area is 286 Å². The number of amides is 5. The zero-order valence-corrected chi connectivity index (χ0v) is 30.6. The first-order chi connectivity index (χ1) is 22.2. The van der Waals surface area contributed by atoms with Crippen molar-refractivity contribution in [3.63, 3.8) is 0 Å². The third kappa shape index (κ3) is 9.59. The van der Waals surface area contributed by atoms with Crippen LogP contribution in [-0.2, 0) is 28.7 Å². The van der Waals surface area contributed by atoms with E-state index >= 15 is 0 Å². The number of carbonyl (C=O) groups is 6. The highest BCUT2D eigenvalue weighted by Crippen LogP contribution is 2.65. The van der Waals surface area contributed by atoms with Crippen LogP contribution in [0.5, 0.6) is 0 Å². The van der Waals surface area contributed by atoms with Gasteiger partial charge in [0.25, 0.3) is 5.91 Å². The number of ketones is 1. The molecule has 3 fully saturated rings. The quantitative estimate of drug-likeness (QED) is 0.199. The van der Waals surface area contributed by atoms with Gasteiger partial charge in [-0.25, -0.2) is 4.79 Å². The van der Waals surface area contributed by atoms with E-state index in [4.69, 9.17) is 4.74 Å². The van der Waals surface area contributed by atoms with E-state index in [2.05, 4.69) is 36.4 Å². The molecule has 1 heterocycles. The second-order valence-electron chi connectivity index (χ2n) is 16.3. The summed E-state index contributed by atoms with van der Waals surface area (Å²) in [5.74, 6) is -2.86. The fourth-order valence-electron chi connectivity index (χ4n) is 7.16. The molecule has 5 atom stereocenters. The van der Waals surface area contributed by atoms with Crippen LogP contribution in [0.15, 0.2) is 12.7 Å². The molecule has 3 aliphatic rings. The summed E-state index contributed by atoms with van der Waals surface area (Å²) in [4.78, 5) is 83.3. The first-order valence-electron chi connectivity index (χ1n) is 17.5. The number of fused-ring (bicyclic) bond motifs is 1. The van der Waals surface area contributed by atoms with Crippen LogP contribution in [-0.4, -0.2) is 94.7 Å². The van der Waals surface area contributed by atoms with Crippen LogP contribution in [0, 0.1) is 23.2 Å². The number of likely N-dealkylation sites (tertiary alicyclic amines) is 1. The molecule has 0 bridgehead atoms. The number of Topliss-reactive ketones (excluding diaryl/α,β-unsaturated/α-hetero) is 1. The van der Waals surface area contributed by atoms with Gasteiger partial charge in [0.15, 0.2) is 0 Å². The van der Waals surface area contributed by atoms with Crippen LogP contribution in [0.4, 0.5) is 4.79 Å². The SMILES string of the molecule is C=CCC[C@H](NC(=O)[C@@H]1C2C(CN1C(=O)[C@@H](NC(=O)OC(C)(C)C)C1CCCCC1)C2(C)C)C(=O)C(=O)NCCC(=O)N(C)C(C)(C)C. The van der Waals surface area contributed by atoms with E-state index in [0.717, 1.165) is 32.1 Å². The van der Waals surface area contributed by atoms with Gasteiger partial charge >= 0.3 is 6.09 Å². The van der Waals surface area contributed by atoms with E-state index in [1.807, 2.05) is 20.8 Å². The van der Waals surface area contributed by atoms with E-state index in [1.54, 1.807) is 43.7 Å². The minimum Gasteiger partial charge on any atom is -0.444 e. The molecule has 2 unspecified atom stereocenters. The molecule has 12 nitrogen and oxygen atoms in total. The summed E-state index contributed by atoms with van der Waals surface area (Å²) in [7, 11) is 1.68. The number of nitrogens with zero attached hydrogens (tertiary/aromatic N) is 2. The maximum Gasteiger partial charge on any atom is 0.408 e. The lowest BCUT2D eigenvalue weighted by Gasteiger charge is -2.37. The zero-order chi connectivity index (χ0) is 36.2. The first kappa shape index (κ1) is 39.0. The fourth-order valence-corrected chi connectivity index (χ4v) is 7.16. The Morgan fingerprint density at radius 3 is 2.19 bits per heavy atom. The summed E-state index contributed by atoms with van der Waals surface area (Å²) >= 11 is 0. The Kier molecular flexibility index (Phi) is 12.5. The summed E-state index contributed by atoms with van der Waals surface area (Å²) < 4.78 is 5.51. The molecule has 0 spiro atoms. The van der Waals surface area contributed by atoms with Gasteiger partial charge in [0.2, 0.25) is 23.5 Å². The second kappa shape index (κ2) is 15.4. The number of ether oxygens (including phenoxy) is 1. The van der Waals surface area contributed by atoms with E-state index in [1.165, 1.54) is 0 Å². The molecule has 0 aromatic carbocycles. The number of allylic oxidation sites excluding steroid dienone is 1. The average Bonchev–Trinajstić information content (AvgIpc) is 3.31. The molecular formula is C36H59N5O7. The van der Waals surface area contributed by atoms with Gasteiger partial charge in [0.05, 0.1) is 6.04 Å². The van der Waals surface area contributed by atoms with Crippen molar-refractivity contribution >= 4 is 35.5 Å². The molecular weight excluding hydrogens is 614 g/mol. The molecule has 3 rings (SSSR count). The number of nitrogens with one attached hydrogen (secondary N) is 3. The predicted molar refractivity (Wildman–Crippen MR) is 183 cm³/mol. The van der Waals surface area contributed by atoms with Gasteiger partial charge in [-0.3, -0.25) is 24.0 Å². The molecule has 0 aromatic rings. The normalized spacial score (nSPS) is 23.2. The molecule has 3 N–H and O–H groups in total. The lowest BCUT2D eigenvalue weighted by Crippen LogP contribution is -2.60. The van der Waals surface area contributed by atoms with Crippen molar-refractivity contribution in [2.45, 2.75) is 136 Å². The first-order valence-corrected chi connectivity index (χ1v) is 17.5. The average molecular weight is 674 g/mol. The van der Waals surface area contributed by atoms with Crippen molar-refractivity contribution in [1.82, 2.24) is 25.8 Å². The Hall–Kier alpha value is -3.44. The third-order valence-electron chi connectivity index (χ3n) is 10.3. The molecule has 1 aliphatic heterocycles. The van der Waals surface area contributed by atoms with E-state index in [9.17, 15) is 28.8 Å². The Morgan fingerprint density at radius 1 is 1.00 bits per heavy atom. The Morgan fingerprint density at radius 2 is 1.62 bits per heavy atom. The highest BCUT2D eigenvalue weighted by molar-refractivity contribution is 6.38. The second-order valence-corrected chi connectivity index (χ2v) is 16.3. The van der Waals surface area contributed by atoms with Gasteiger partial charge in [-0.05, 0) is 90.4 Å². The van der Waals surface area contributed by atoms with Crippen LogP contribution in [0.1, 0.15) is 107 Å². The van der Waals surface area contributed by atoms with E-state index in [-0.39, 0.29) is 59.9 Å². The maximum atomic E-state index is 14.3. The number of hydrogen-bond donors (Lipinski definition) is 3. The molecule has 48 heavy (non-hydrogen) atoms. The summed E-state index contributed by atoms with van der Waals surface area (Å²) in [5, 5.41) is 8.18. The van der Waals surface area contributed by atoms with Crippen molar-refractivity contribution in [2.75, 3.05) is 20.1 Å². The third-order valence-corrected chi connectivity index (χ3v) is 10.3. The van der Waals surface area contributed by atoms with E-state index < -0.39 is 47.4 Å². The number of rotatable bonds is 13.